The van der Waals surface area contributed by atoms with Gasteiger partial charge in [-0.25, -0.2) is 0 Å². The van der Waals surface area contributed by atoms with Crippen LogP contribution in [0.1, 0.15) is 39.0 Å². The molecule has 0 spiro atoms. The number of nitrogens with one attached hydrogen (secondary N) is 1. The molecule has 110 valence electrons. The molecule has 0 aromatic heterocycles. The number of hydrogen-bond donors (Lipinski definition) is 1. The predicted molar refractivity (Wildman–Crippen MR) is 82.3 cm³/mol. The zero-order chi connectivity index (χ0) is 14.5. The summed E-state index contributed by atoms with van der Waals surface area (Å²) < 4.78 is 0. The molecule has 1 saturated carbocycles. The predicted octanol–water partition coefficient (Wildman–Crippen LogP) is 4.88. The summed E-state index contributed by atoms with van der Waals surface area (Å²) in [6.07, 6.45) is 6.24. The highest BCUT2D eigenvalue weighted by atomic mass is 35.5. The zero-order valence-corrected chi connectivity index (χ0v) is 12.5. The molecule has 0 aliphatic heterocycles. The van der Waals surface area contributed by atoms with Crippen LogP contribution >= 0.6 is 11.6 Å². The molecular weight excluding hydrogens is 276 g/mol. The lowest BCUT2D eigenvalue weighted by Crippen LogP contribution is -2.16. The standard InChI is InChI=1S/C15H21ClN2O2/c1-11-2-4-12(5-3-11)8-9-17-14-10-13(16)6-7-15(14)18(19)20/h6-7,10-12,17H,2-5,8-9H2,1H3. The molecule has 0 radical (unpaired) electrons. The first kappa shape index (κ1) is 15.1. The molecule has 0 saturated heterocycles. The van der Waals surface area contributed by atoms with Gasteiger partial charge in [-0.15, -0.1) is 0 Å². The van der Waals surface area contributed by atoms with Crippen LogP contribution in [-0.4, -0.2) is 11.5 Å². The van der Waals surface area contributed by atoms with Gasteiger partial charge in [-0.3, -0.25) is 10.1 Å². The number of nitro groups is 1. The SMILES string of the molecule is CC1CCC(CCNc2cc(Cl)ccc2[N+](=O)[O-])CC1. The second-order valence-electron chi connectivity index (χ2n) is 5.76. The van der Waals surface area contributed by atoms with Gasteiger partial charge in [0.1, 0.15) is 5.69 Å². The fraction of sp³-hybridized carbons (Fsp3) is 0.600. The fourth-order valence-corrected chi connectivity index (χ4v) is 3.01. The van der Waals surface area contributed by atoms with Crippen LogP contribution in [0, 0.1) is 22.0 Å². The van der Waals surface area contributed by atoms with Crippen LogP contribution in [0.5, 0.6) is 0 Å². The van der Waals surface area contributed by atoms with Crippen LogP contribution in [0.2, 0.25) is 5.02 Å². The van der Waals surface area contributed by atoms with Gasteiger partial charge in [-0.05, 0) is 30.4 Å². The molecule has 1 aromatic rings. The number of halogens is 1. The average Bonchev–Trinajstić information content (AvgIpc) is 2.41. The third kappa shape index (κ3) is 4.10. The summed E-state index contributed by atoms with van der Waals surface area (Å²) in [7, 11) is 0. The van der Waals surface area contributed by atoms with E-state index in [2.05, 4.69) is 12.2 Å². The highest BCUT2D eigenvalue weighted by molar-refractivity contribution is 6.31. The second kappa shape index (κ2) is 6.93. The number of hydrogen-bond acceptors (Lipinski definition) is 3. The van der Waals surface area contributed by atoms with Crippen molar-refractivity contribution in [3.05, 3.63) is 33.3 Å². The van der Waals surface area contributed by atoms with Crippen LogP contribution in [0.25, 0.3) is 0 Å². The van der Waals surface area contributed by atoms with Crippen LogP contribution in [0.4, 0.5) is 11.4 Å². The van der Waals surface area contributed by atoms with Crippen molar-refractivity contribution >= 4 is 23.0 Å². The number of benzene rings is 1. The van der Waals surface area contributed by atoms with E-state index in [4.69, 9.17) is 11.6 Å². The van der Waals surface area contributed by atoms with Gasteiger partial charge in [0.15, 0.2) is 0 Å². The Bertz CT molecular complexity index is 471. The summed E-state index contributed by atoms with van der Waals surface area (Å²) >= 11 is 5.90. The molecule has 5 heteroatoms. The topological polar surface area (TPSA) is 55.2 Å². The van der Waals surface area contributed by atoms with Gasteiger partial charge in [-0.2, -0.15) is 0 Å². The minimum Gasteiger partial charge on any atom is -0.379 e. The maximum atomic E-state index is 11.0. The van der Waals surface area contributed by atoms with Crippen LogP contribution in [0.15, 0.2) is 18.2 Å². The van der Waals surface area contributed by atoms with Crippen LogP contribution in [0.3, 0.4) is 0 Å². The molecule has 0 unspecified atom stereocenters. The van der Waals surface area contributed by atoms with Crippen LogP contribution < -0.4 is 5.32 Å². The summed E-state index contributed by atoms with van der Waals surface area (Å²) in [5.41, 5.74) is 0.610. The lowest BCUT2D eigenvalue weighted by atomic mass is 9.81. The first-order valence-electron chi connectivity index (χ1n) is 7.24. The van der Waals surface area contributed by atoms with Gasteiger partial charge < -0.3 is 5.32 Å². The summed E-state index contributed by atoms with van der Waals surface area (Å²) in [6.45, 7) is 3.07. The maximum Gasteiger partial charge on any atom is 0.292 e. The largest absolute Gasteiger partial charge is 0.379 e. The van der Waals surface area contributed by atoms with E-state index >= 15 is 0 Å². The van der Waals surface area contributed by atoms with E-state index in [0.717, 1.165) is 24.8 Å². The lowest BCUT2D eigenvalue weighted by molar-refractivity contribution is -0.384. The summed E-state index contributed by atoms with van der Waals surface area (Å²) in [5, 5.41) is 14.6. The molecular formula is C15H21ClN2O2. The van der Waals surface area contributed by atoms with E-state index in [1.807, 2.05) is 0 Å². The Labute approximate surface area is 124 Å². The van der Waals surface area contributed by atoms with Crippen molar-refractivity contribution in [2.24, 2.45) is 11.8 Å². The van der Waals surface area contributed by atoms with E-state index in [-0.39, 0.29) is 10.6 Å². The van der Waals surface area contributed by atoms with Crippen molar-refractivity contribution in [2.45, 2.75) is 39.0 Å². The van der Waals surface area contributed by atoms with Gasteiger partial charge in [-0.1, -0.05) is 44.2 Å². The molecule has 2 rings (SSSR count). The Hall–Kier alpha value is -1.29. The first-order chi connectivity index (χ1) is 9.56. The second-order valence-corrected chi connectivity index (χ2v) is 6.20. The molecule has 1 fully saturated rings. The zero-order valence-electron chi connectivity index (χ0n) is 11.8. The van der Waals surface area contributed by atoms with E-state index in [0.29, 0.717) is 10.7 Å². The molecule has 0 amide bonds. The van der Waals surface area contributed by atoms with Gasteiger partial charge >= 0.3 is 0 Å². The van der Waals surface area contributed by atoms with E-state index in [1.165, 1.54) is 31.7 Å². The molecule has 0 atom stereocenters. The van der Waals surface area contributed by atoms with Crippen molar-refractivity contribution in [1.82, 2.24) is 0 Å². The van der Waals surface area contributed by atoms with Crippen molar-refractivity contribution < 1.29 is 4.92 Å². The number of rotatable bonds is 5. The molecule has 0 heterocycles. The normalized spacial score (nSPS) is 22.5. The number of nitro benzene ring substituents is 1. The minimum absolute atomic E-state index is 0.0895. The first-order valence-corrected chi connectivity index (χ1v) is 7.62. The molecule has 20 heavy (non-hydrogen) atoms. The summed E-state index contributed by atoms with van der Waals surface area (Å²) in [5.74, 6) is 1.60. The lowest BCUT2D eigenvalue weighted by Gasteiger charge is -2.26. The third-order valence-corrected chi connectivity index (χ3v) is 4.39. The minimum atomic E-state index is -0.374. The monoisotopic (exact) mass is 296 g/mol. The van der Waals surface area contributed by atoms with Gasteiger partial charge in [0, 0.05) is 17.6 Å². The Morgan fingerprint density at radius 3 is 2.70 bits per heavy atom. The number of nitrogens with zero attached hydrogens (tertiary/aromatic N) is 1. The number of anilines is 1. The smallest absolute Gasteiger partial charge is 0.292 e. The quantitative estimate of drug-likeness (QED) is 0.622. The molecule has 1 aliphatic rings. The third-order valence-electron chi connectivity index (χ3n) is 4.16. The van der Waals surface area contributed by atoms with Gasteiger partial charge in [0.25, 0.3) is 5.69 Å². The van der Waals surface area contributed by atoms with Crippen LogP contribution in [-0.2, 0) is 0 Å². The molecule has 0 bridgehead atoms. The molecule has 4 nitrogen and oxygen atoms in total. The van der Waals surface area contributed by atoms with Crippen molar-refractivity contribution in [2.75, 3.05) is 11.9 Å². The van der Waals surface area contributed by atoms with Crippen molar-refractivity contribution in [3.63, 3.8) is 0 Å². The maximum absolute atomic E-state index is 11.0. The average molecular weight is 297 g/mol. The Morgan fingerprint density at radius 2 is 2.05 bits per heavy atom. The van der Waals surface area contributed by atoms with E-state index in [9.17, 15) is 10.1 Å². The molecule has 1 aliphatic carbocycles. The Kier molecular flexibility index (Phi) is 5.24. The molecule has 1 N–H and O–H groups in total. The highest BCUT2D eigenvalue weighted by Gasteiger charge is 2.18. The van der Waals surface area contributed by atoms with E-state index < -0.39 is 0 Å². The van der Waals surface area contributed by atoms with Gasteiger partial charge in [0.05, 0.1) is 4.92 Å². The highest BCUT2D eigenvalue weighted by Crippen LogP contribution is 2.31. The fourth-order valence-electron chi connectivity index (χ4n) is 2.84. The van der Waals surface area contributed by atoms with Gasteiger partial charge in [0.2, 0.25) is 0 Å². The summed E-state index contributed by atoms with van der Waals surface area (Å²) in [6, 6.07) is 4.63. The summed E-state index contributed by atoms with van der Waals surface area (Å²) in [4.78, 5) is 10.6. The molecule has 1 aromatic carbocycles. The Morgan fingerprint density at radius 1 is 1.35 bits per heavy atom. The van der Waals surface area contributed by atoms with E-state index in [1.54, 1.807) is 12.1 Å². The van der Waals surface area contributed by atoms with Crippen molar-refractivity contribution in [1.29, 1.82) is 0 Å². The van der Waals surface area contributed by atoms with Crippen molar-refractivity contribution in [3.8, 4) is 0 Å². The Balaban J connectivity index is 1.87.